The van der Waals surface area contributed by atoms with Crippen molar-refractivity contribution >= 4 is 10.0 Å². The molecule has 1 saturated heterocycles. The molecule has 1 unspecified atom stereocenters. The molecule has 1 fully saturated rings. The fraction of sp³-hybridized carbons (Fsp3) is 1.00. The van der Waals surface area contributed by atoms with E-state index in [1.165, 1.54) is 0 Å². The van der Waals surface area contributed by atoms with Gasteiger partial charge in [0.15, 0.2) is 0 Å². The zero-order valence-electron chi connectivity index (χ0n) is 11.9. The van der Waals surface area contributed by atoms with E-state index in [9.17, 15) is 8.42 Å². The van der Waals surface area contributed by atoms with Gasteiger partial charge in [-0.3, -0.25) is 0 Å². The predicted molar refractivity (Wildman–Crippen MR) is 76.3 cm³/mol. The predicted octanol–water partition coefficient (Wildman–Crippen LogP) is -0.512. The molecule has 1 aliphatic heterocycles. The molecule has 0 bridgehead atoms. The van der Waals surface area contributed by atoms with E-state index in [1.54, 1.807) is 0 Å². The third kappa shape index (κ3) is 5.00. The van der Waals surface area contributed by atoms with Gasteiger partial charge in [-0.15, -0.1) is 0 Å². The van der Waals surface area contributed by atoms with Gasteiger partial charge in [0.05, 0.1) is 5.25 Å². The Labute approximate surface area is 116 Å². The molecule has 4 N–H and O–H groups in total. The van der Waals surface area contributed by atoms with Crippen LogP contribution in [0.4, 0.5) is 0 Å². The molecule has 1 rings (SSSR count). The average molecular weight is 293 g/mol. The Balaban J connectivity index is 2.51. The van der Waals surface area contributed by atoms with Crippen molar-refractivity contribution in [2.75, 3.05) is 26.2 Å². The molecule has 6 nitrogen and oxygen atoms in total. The first kappa shape index (κ1) is 16.8. The summed E-state index contributed by atoms with van der Waals surface area (Å²) >= 11 is 0. The molecule has 0 aliphatic carbocycles. The number of likely N-dealkylation sites (tertiary alicyclic amines) is 1. The van der Waals surface area contributed by atoms with Crippen LogP contribution in [0.5, 0.6) is 0 Å². The summed E-state index contributed by atoms with van der Waals surface area (Å²) in [5.74, 6) is 0. The summed E-state index contributed by atoms with van der Waals surface area (Å²) in [7, 11) is -3.43. The standard InChI is InChI=1S/C12H27N3O3S/c1-10(2)15-6-3-11(4-7-15)14-19(17,18)12(9-13)5-8-16/h10-12,14,16H,3-9,13H2,1-2H3. The highest BCUT2D eigenvalue weighted by Gasteiger charge is 2.29. The molecule has 1 heterocycles. The van der Waals surface area contributed by atoms with E-state index in [0.29, 0.717) is 6.04 Å². The van der Waals surface area contributed by atoms with Gasteiger partial charge >= 0.3 is 0 Å². The van der Waals surface area contributed by atoms with Gasteiger partial charge in [-0.05, 0) is 46.2 Å². The van der Waals surface area contributed by atoms with E-state index >= 15 is 0 Å². The SMILES string of the molecule is CC(C)N1CCC(NS(=O)(=O)C(CN)CCO)CC1. The van der Waals surface area contributed by atoms with Gasteiger partial charge in [-0.25, -0.2) is 13.1 Å². The molecule has 0 radical (unpaired) electrons. The number of rotatable bonds is 7. The number of sulfonamides is 1. The largest absolute Gasteiger partial charge is 0.396 e. The number of piperidine rings is 1. The number of nitrogens with one attached hydrogen (secondary N) is 1. The molecule has 0 saturated carbocycles. The van der Waals surface area contributed by atoms with Gasteiger partial charge in [0.2, 0.25) is 10.0 Å². The normalized spacial score (nSPS) is 20.9. The van der Waals surface area contributed by atoms with E-state index < -0.39 is 15.3 Å². The first-order valence-electron chi connectivity index (χ1n) is 6.96. The molecule has 0 aromatic heterocycles. The highest BCUT2D eigenvalue weighted by molar-refractivity contribution is 7.90. The van der Waals surface area contributed by atoms with Crippen molar-refractivity contribution in [3.05, 3.63) is 0 Å². The second-order valence-corrected chi connectivity index (χ2v) is 7.43. The van der Waals surface area contributed by atoms with Crippen molar-refractivity contribution in [3.63, 3.8) is 0 Å². The summed E-state index contributed by atoms with van der Waals surface area (Å²) in [6.45, 7) is 6.01. The second-order valence-electron chi connectivity index (χ2n) is 5.44. The number of aliphatic hydroxyl groups excluding tert-OH is 1. The maximum atomic E-state index is 12.1. The van der Waals surface area contributed by atoms with E-state index in [2.05, 4.69) is 23.5 Å². The van der Waals surface area contributed by atoms with E-state index in [-0.39, 0.29) is 25.6 Å². The van der Waals surface area contributed by atoms with Crippen LogP contribution in [0.25, 0.3) is 0 Å². The molecular formula is C12H27N3O3S. The summed E-state index contributed by atoms with van der Waals surface area (Å²) in [6.07, 6.45) is 1.85. The lowest BCUT2D eigenvalue weighted by Crippen LogP contribution is -2.49. The Morgan fingerprint density at radius 3 is 2.37 bits per heavy atom. The lowest BCUT2D eigenvalue weighted by atomic mass is 10.1. The molecule has 7 heteroatoms. The van der Waals surface area contributed by atoms with Crippen molar-refractivity contribution in [1.29, 1.82) is 0 Å². The minimum Gasteiger partial charge on any atom is -0.396 e. The van der Waals surface area contributed by atoms with Crippen LogP contribution in [0.1, 0.15) is 33.1 Å². The summed E-state index contributed by atoms with van der Waals surface area (Å²) in [5.41, 5.74) is 5.47. The second kappa shape index (κ2) is 7.54. The third-order valence-electron chi connectivity index (χ3n) is 3.74. The Bertz CT molecular complexity index is 351. The summed E-state index contributed by atoms with van der Waals surface area (Å²) in [5, 5.41) is 8.18. The molecule has 19 heavy (non-hydrogen) atoms. The first-order valence-corrected chi connectivity index (χ1v) is 8.51. The average Bonchev–Trinajstić information content (AvgIpc) is 2.35. The van der Waals surface area contributed by atoms with E-state index in [1.807, 2.05) is 0 Å². The van der Waals surface area contributed by atoms with Crippen LogP contribution in [-0.4, -0.2) is 62.0 Å². The monoisotopic (exact) mass is 293 g/mol. The van der Waals surface area contributed by atoms with Gasteiger partial charge in [0.1, 0.15) is 0 Å². The van der Waals surface area contributed by atoms with Crippen LogP contribution in [-0.2, 0) is 10.0 Å². The molecule has 0 aromatic carbocycles. The zero-order chi connectivity index (χ0) is 14.5. The Hall–Kier alpha value is -0.210. The van der Waals surface area contributed by atoms with Crippen molar-refractivity contribution in [2.24, 2.45) is 5.73 Å². The van der Waals surface area contributed by atoms with Gasteiger partial charge in [0, 0.05) is 25.2 Å². The van der Waals surface area contributed by atoms with Crippen LogP contribution in [0.3, 0.4) is 0 Å². The number of hydrogen-bond acceptors (Lipinski definition) is 5. The fourth-order valence-electron chi connectivity index (χ4n) is 2.41. The Kier molecular flexibility index (Phi) is 6.68. The lowest BCUT2D eigenvalue weighted by Gasteiger charge is -2.35. The van der Waals surface area contributed by atoms with E-state index in [4.69, 9.17) is 10.8 Å². The minimum absolute atomic E-state index is 0.00672. The highest BCUT2D eigenvalue weighted by Crippen LogP contribution is 2.15. The fourth-order valence-corrected chi connectivity index (χ4v) is 3.97. The maximum absolute atomic E-state index is 12.1. The quantitative estimate of drug-likeness (QED) is 0.587. The molecule has 0 spiro atoms. The number of nitrogens with two attached hydrogens (primary N) is 1. The maximum Gasteiger partial charge on any atom is 0.216 e. The summed E-state index contributed by atoms with van der Waals surface area (Å²) < 4.78 is 27.0. The first-order chi connectivity index (χ1) is 8.90. The van der Waals surface area contributed by atoms with Crippen LogP contribution in [0.15, 0.2) is 0 Å². The van der Waals surface area contributed by atoms with Crippen molar-refractivity contribution in [1.82, 2.24) is 9.62 Å². The van der Waals surface area contributed by atoms with Crippen LogP contribution < -0.4 is 10.5 Å². The van der Waals surface area contributed by atoms with Gasteiger partial charge < -0.3 is 15.7 Å². The van der Waals surface area contributed by atoms with Crippen LogP contribution in [0, 0.1) is 0 Å². The number of hydrogen-bond donors (Lipinski definition) is 3. The molecule has 114 valence electrons. The zero-order valence-corrected chi connectivity index (χ0v) is 12.7. The molecule has 0 amide bonds. The van der Waals surface area contributed by atoms with Crippen molar-refractivity contribution < 1.29 is 13.5 Å². The Morgan fingerprint density at radius 1 is 1.37 bits per heavy atom. The number of nitrogens with zero attached hydrogens (tertiary/aromatic N) is 1. The molecule has 0 aromatic rings. The molecule has 1 atom stereocenters. The topological polar surface area (TPSA) is 95.7 Å². The summed E-state index contributed by atoms with van der Waals surface area (Å²) in [4.78, 5) is 2.35. The summed E-state index contributed by atoms with van der Waals surface area (Å²) in [6, 6.07) is 0.497. The van der Waals surface area contributed by atoms with E-state index in [0.717, 1.165) is 25.9 Å². The van der Waals surface area contributed by atoms with Gasteiger partial charge in [-0.2, -0.15) is 0 Å². The van der Waals surface area contributed by atoms with Crippen molar-refractivity contribution in [3.8, 4) is 0 Å². The highest BCUT2D eigenvalue weighted by atomic mass is 32.2. The molecular weight excluding hydrogens is 266 g/mol. The van der Waals surface area contributed by atoms with Gasteiger partial charge in [-0.1, -0.05) is 0 Å². The Morgan fingerprint density at radius 2 is 1.95 bits per heavy atom. The smallest absolute Gasteiger partial charge is 0.216 e. The molecule has 1 aliphatic rings. The lowest BCUT2D eigenvalue weighted by molar-refractivity contribution is 0.168. The third-order valence-corrected chi connectivity index (χ3v) is 5.71. The van der Waals surface area contributed by atoms with Crippen LogP contribution >= 0.6 is 0 Å². The van der Waals surface area contributed by atoms with Crippen LogP contribution in [0.2, 0.25) is 0 Å². The number of aliphatic hydroxyl groups is 1. The minimum atomic E-state index is -3.43. The van der Waals surface area contributed by atoms with Crippen molar-refractivity contribution in [2.45, 2.75) is 50.4 Å². The van der Waals surface area contributed by atoms with Gasteiger partial charge in [0.25, 0.3) is 0 Å².